The van der Waals surface area contributed by atoms with E-state index in [0.29, 0.717) is 5.88 Å². The van der Waals surface area contributed by atoms with Gasteiger partial charge in [-0.25, -0.2) is 4.98 Å². The van der Waals surface area contributed by atoms with Crippen molar-refractivity contribution in [2.75, 3.05) is 7.11 Å². The van der Waals surface area contributed by atoms with Gasteiger partial charge in [-0.3, -0.25) is 0 Å². The SMILES string of the molecule is COc1nc(C)nc2sc(Br)cc12. The van der Waals surface area contributed by atoms with E-state index in [1.807, 2.05) is 13.0 Å². The maximum absolute atomic E-state index is 5.16. The highest BCUT2D eigenvalue weighted by Gasteiger charge is 2.08. The highest BCUT2D eigenvalue weighted by Crippen LogP contribution is 2.32. The highest BCUT2D eigenvalue weighted by atomic mass is 79.9. The largest absolute Gasteiger partial charge is 0.480 e. The van der Waals surface area contributed by atoms with Crippen LogP contribution in [0.1, 0.15) is 5.82 Å². The first-order chi connectivity index (χ1) is 6.20. The molecule has 0 aliphatic rings. The van der Waals surface area contributed by atoms with Crippen LogP contribution in [0.25, 0.3) is 10.2 Å². The monoisotopic (exact) mass is 258 g/mol. The lowest BCUT2D eigenvalue weighted by molar-refractivity contribution is 0.401. The zero-order chi connectivity index (χ0) is 9.42. The van der Waals surface area contributed by atoms with Crippen molar-refractivity contribution in [3.05, 3.63) is 15.7 Å². The summed E-state index contributed by atoms with van der Waals surface area (Å²) in [5.74, 6) is 1.38. The summed E-state index contributed by atoms with van der Waals surface area (Å²) in [4.78, 5) is 9.44. The Bertz CT molecular complexity index is 455. The fraction of sp³-hybridized carbons (Fsp3) is 0.250. The molecule has 2 aromatic heterocycles. The Morgan fingerprint density at radius 1 is 1.46 bits per heavy atom. The Labute approximate surface area is 87.9 Å². The van der Waals surface area contributed by atoms with E-state index >= 15 is 0 Å². The van der Waals surface area contributed by atoms with Gasteiger partial charge in [-0.15, -0.1) is 11.3 Å². The van der Waals surface area contributed by atoms with Crippen LogP contribution in [0.2, 0.25) is 0 Å². The van der Waals surface area contributed by atoms with E-state index in [4.69, 9.17) is 4.74 Å². The van der Waals surface area contributed by atoms with Crippen molar-refractivity contribution in [1.82, 2.24) is 9.97 Å². The molecule has 0 aromatic carbocycles. The van der Waals surface area contributed by atoms with Crippen LogP contribution in [-0.4, -0.2) is 17.1 Å². The maximum Gasteiger partial charge on any atom is 0.225 e. The molecule has 0 unspecified atom stereocenters. The number of fused-ring (bicyclic) bond motifs is 1. The molecule has 13 heavy (non-hydrogen) atoms. The molecule has 3 nitrogen and oxygen atoms in total. The van der Waals surface area contributed by atoms with Crippen molar-refractivity contribution >= 4 is 37.5 Å². The van der Waals surface area contributed by atoms with Crippen LogP contribution < -0.4 is 4.74 Å². The molecule has 2 aromatic rings. The predicted molar refractivity (Wildman–Crippen MR) is 56.4 cm³/mol. The van der Waals surface area contributed by atoms with E-state index in [2.05, 4.69) is 25.9 Å². The van der Waals surface area contributed by atoms with Crippen molar-refractivity contribution in [3.8, 4) is 5.88 Å². The van der Waals surface area contributed by atoms with E-state index in [0.717, 1.165) is 19.8 Å². The zero-order valence-electron chi connectivity index (χ0n) is 7.17. The topological polar surface area (TPSA) is 35.0 Å². The van der Waals surface area contributed by atoms with Gasteiger partial charge in [-0.2, -0.15) is 4.98 Å². The van der Waals surface area contributed by atoms with Crippen molar-refractivity contribution in [2.24, 2.45) is 0 Å². The van der Waals surface area contributed by atoms with Gasteiger partial charge in [0, 0.05) is 0 Å². The number of halogens is 1. The molecule has 0 fully saturated rings. The predicted octanol–water partition coefficient (Wildman–Crippen LogP) is 2.77. The molecule has 0 amide bonds. The van der Waals surface area contributed by atoms with Crippen LogP contribution in [0.15, 0.2) is 9.85 Å². The first-order valence-electron chi connectivity index (χ1n) is 3.68. The minimum Gasteiger partial charge on any atom is -0.480 e. The smallest absolute Gasteiger partial charge is 0.225 e. The van der Waals surface area contributed by atoms with Crippen molar-refractivity contribution in [2.45, 2.75) is 6.92 Å². The molecule has 0 radical (unpaired) electrons. The van der Waals surface area contributed by atoms with Crippen LogP contribution in [0, 0.1) is 6.92 Å². The molecule has 0 N–H and O–H groups in total. The lowest BCUT2D eigenvalue weighted by Crippen LogP contribution is -1.92. The quantitative estimate of drug-likeness (QED) is 0.789. The molecule has 0 bridgehead atoms. The minimum absolute atomic E-state index is 0.643. The Morgan fingerprint density at radius 2 is 2.23 bits per heavy atom. The maximum atomic E-state index is 5.16. The standard InChI is InChI=1S/C8H7BrN2OS/c1-4-10-7(12-2)5-3-6(9)13-8(5)11-4/h3H,1-2H3. The molecule has 5 heteroatoms. The second kappa shape index (κ2) is 3.23. The fourth-order valence-electron chi connectivity index (χ4n) is 1.12. The normalized spacial score (nSPS) is 10.7. The Balaban J connectivity index is 2.80. The molecule has 0 spiro atoms. The summed E-state index contributed by atoms with van der Waals surface area (Å²) in [7, 11) is 1.62. The molecule has 0 aliphatic heterocycles. The van der Waals surface area contributed by atoms with Gasteiger partial charge in [-0.1, -0.05) is 0 Å². The fourth-order valence-corrected chi connectivity index (χ4v) is 2.61. The molecule has 0 saturated carbocycles. The van der Waals surface area contributed by atoms with Crippen molar-refractivity contribution in [1.29, 1.82) is 0 Å². The number of hydrogen-bond acceptors (Lipinski definition) is 4. The number of ether oxygens (including phenoxy) is 1. The molecule has 2 heterocycles. The number of hydrogen-bond donors (Lipinski definition) is 0. The van der Waals surface area contributed by atoms with Crippen molar-refractivity contribution < 1.29 is 4.74 Å². The first-order valence-corrected chi connectivity index (χ1v) is 5.29. The van der Waals surface area contributed by atoms with E-state index < -0.39 is 0 Å². The molecule has 0 atom stereocenters. The van der Waals surface area contributed by atoms with Crippen LogP contribution in [-0.2, 0) is 0 Å². The van der Waals surface area contributed by atoms with Gasteiger partial charge < -0.3 is 4.74 Å². The molecule has 0 aliphatic carbocycles. The third kappa shape index (κ3) is 1.53. The number of thiophene rings is 1. The Hall–Kier alpha value is -0.680. The number of aryl methyl sites for hydroxylation is 1. The molecule has 68 valence electrons. The van der Waals surface area contributed by atoms with E-state index in [9.17, 15) is 0 Å². The average molecular weight is 259 g/mol. The van der Waals surface area contributed by atoms with Gasteiger partial charge in [0.2, 0.25) is 5.88 Å². The minimum atomic E-state index is 0.643. The first kappa shape index (κ1) is 8.90. The lowest BCUT2D eigenvalue weighted by Gasteiger charge is -2.00. The lowest BCUT2D eigenvalue weighted by atomic mass is 10.4. The summed E-state index contributed by atoms with van der Waals surface area (Å²) in [6.45, 7) is 1.86. The second-order valence-electron chi connectivity index (χ2n) is 2.55. The number of methoxy groups -OCH3 is 1. The van der Waals surface area contributed by atoms with Crippen LogP contribution in [0.5, 0.6) is 5.88 Å². The number of nitrogens with zero attached hydrogens (tertiary/aromatic N) is 2. The number of aromatic nitrogens is 2. The van der Waals surface area contributed by atoms with Crippen LogP contribution in [0.3, 0.4) is 0 Å². The molecule has 2 rings (SSSR count). The van der Waals surface area contributed by atoms with Gasteiger partial charge in [0.05, 0.1) is 16.3 Å². The third-order valence-electron chi connectivity index (χ3n) is 1.63. The van der Waals surface area contributed by atoms with Crippen LogP contribution >= 0.6 is 27.3 Å². The average Bonchev–Trinajstić information content (AvgIpc) is 2.43. The zero-order valence-corrected chi connectivity index (χ0v) is 9.57. The second-order valence-corrected chi connectivity index (χ2v) is 4.96. The van der Waals surface area contributed by atoms with Gasteiger partial charge in [0.15, 0.2) is 0 Å². The van der Waals surface area contributed by atoms with E-state index in [-0.39, 0.29) is 0 Å². The summed E-state index contributed by atoms with van der Waals surface area (Å²) in [6.07, 6.45) is 0. The summed E-state index contributed by atoms with van der Waals surface area (Å²) in [5.41, 5.74) is 0. The summed E-state index contributed by atoms with van der Waals surface area (Å²) >= 11 is 4.99. The van der Waals surface area contributed by atoms with Gasteiger partial charge in [-0.05, 0) is 28.9 Å². The van der Waals surface area contributed by atoms with Gasteiger partial charge in [0.1, 0.15) is 10.7 Å². The molecule has 0 saturated heterocycles. The van der Waals surface area contributed by atoms with E-state index in [1.165, 1.54) is 0 Å². The summed E-state index contributed by atoms with van der Waals surface area (Å²) in [5, 5.41) is 0.963. The highest BCUT2D eigenvalue weighted by molar-refractivity contribution is 9.11. The van der Waals surface area contributed by atoms with Gasteiger partial charge >= 0.3 is 0 Å². The summed E-state index contributed by atoms with van der Waals surface area (Å²) in [6, 6.07) is 1.97. The number of rotatable bonds is 1. The third-order valence-corrected chi connectivity index (χ3v) is 3.16. The molecular formula is C8H7BrN2OS. The van der Waals surface area contributed by atoms with Crippen LogP contribution in [0.4, 0.5) is 0 Å². The Kier molecular flexibility index (Phi) is 2.21. The van der Waals surface area contributed by atoms with E-state index in [1.54, 1.807) is 18.4 Å². The molecular weight excluding hydrogens is 252 g/mol. The Morgan fingerprint density at radius 3 is 2.92 bits per heavy atom. The van der Waals surface area contributed by atoms with Gasteiger partial charge in [0.25, 0.3) is 0 Å². The van der Waals surface area contributed by atoms with Crippen molar-refractivity contribution in [3.63, 3.8) is 0 Å². The summed E-state index contributed by atoms with van der Waals surface area (Å²) < 4.78 is 6.20.